The summed E-state index contributed by atoms with van der Waals surface area (Å²) in [6.45, 7) is 5.85. The molecule has 0 aliphatic carbocycles. The van der Waals surface area contributed by atoms with E-state index < -0.39 is 0 Å². The van der Waals surface area contributed by atoms with Crippen LogP contribution in [0, 0.1) is 0 Å². The van der Waals surface area contributed by atoms with Crippen molar-refractivity contribution in [2.24, 2.45) is 0 Å². The van der Waals surface area contributed by atoms with Gasteiger partial charge in [0.25, 0.3) is 5.91 Å². The number of hydrogen-bond acceptors (Lipinski definition) is 6. The molecule has 7 heteroatoms. The van der Waals surface area contributed by atoms with E-state index in [1.807, 2.05) is 28.5 Å². The van der Waals surface area contributed by atoms with Gasteiger partial charge in [0.1, 0.15) is 23.9 Å². The molecule has 6 nitrogen and oxygen atoms in total. The van der Waals surface area contributed by atoms with E-state index in [0.717, 1.165) is 48.1 Å². The van der Waals surface area contributed by atoms with E-state index in [4.69, 9.17) is 9.47 Å². The van der Waals surface area contributed by atoms with Crippen LogP contribution in [0.5, 0.6) is 11.5 Å². The highest BCUT2D eigenvalue weighted by Crippen LogP contribution is 2.35. The molecular formula is C19H23N3O3S. The second kappa shape index (κ2) is 7.25. The lowest BCUT2D eigenvalue weighted by molar-refractivity contribution is 0.0776. The number of nitrogens with zero attached hydrogens (tertiary/aromatic N) is 3. The Balaban J connectivity index is 1.49. The quantitative estimate of drug-likeness (QED) is 0.825. The maximum atomic E-state index is 12.8. The molecule has 2 aliphatic rings. The summed E-state index contributed by atoms with van der Waals surface area (Å²) in [4.78, 5) is 21.6. The highest BCUT2D eigenvalue weighted by atomic mass is 32.1. The minimum atomic E-state index is 0.0250. The van der Waals surface area contributed by atoms with Crippen LogP contribution in [0.25, 0.3) is 10.6 Å². The number of amides is 1. The van der Waals surface area contributed by atoms with E-state index in [9.17, 15) is 4.79 Å². The first kappa shape index (κ1) is 17.3. The lowest BCUT2D eigenvalue weighted by atomic mass is 10.2. The average Bonchev–Trinajstić information content (AvgIpc) is 3.36. The first-order valence-electron chi connectivity index (χ1n) is 9.00. The third-order valence-corrected chi connectivity index (χ3v) is 5.98. The summed E-state index contributed by atoms with van der Waals surface area (Å²) >= 11 is 1.49. The van der Waals surface area contributed by atoms with E-state index in [-0.39, 0.29) is 5.91 Å². The zero-order valence-corrected chi connectivity index (χ0v) is 15.9. The lowest BCUT2D eigenvalue weighted by Crippen LogP contribution is -2.36. The molecule has 4 rings (SSSR count). The van der Waals surface area contributed by atoms with Gasteiger partial charge >= 0.3 is 0 Å². The number of rotatable bonds is 4. The van der Waals surface area contributed by atoms with Crippen LogP contribution in [0.2, 0.25) is 0 Å². The normalized spacial score (nSPS) is 19.2. The molecule has 0 bridgehead atoms. The summed E-state index contributed by atoms with van der Waals surface area (Å²) in [6.07, 6.45) is 1.02. The van der Waals surface area contributed by atoms with Gasteiger partial charge in [-0.3, -0.25) is 4.79 Å². The van der Waals surface area contributed by atoms with E-state index in [1.54, 1.807) is 0 Å². The van der Waals surface area contributed by atoms with Crippen LogP contribution < -0.4 is 9.47 Å². The number of thiazole rings is 1. The fourth-order valence-corrected chi connectivity index (χ4v) is 4.18. The van der Waals surface area contributed by atoms with Gasteiger partial charge in [0, 0.05) is 30.1 Å². The number of aromatic nitrogens is 1. The maximum absolute atomic E-state index is 12.8. The van der Waals surface area contributed by atoms with Crippen LogP contribution in [-0.2, 0) is 0 Å². The Kier molecular flexibility index (Phi) is 4.82. The average molecular weight is 373 g/mol. The van der Waals surface area contributed by atoms with Gasteiger partial charge in [-0.15, -0.1) is 11.3 Å². The van der Waals surface area contributed by atoms with Gasteiger partial charge in [-0.25, -0.2) is 4.98 Å². The first-order chi connectivity index (χ1) is 12.7. The summed E-state index contributed by atoms with van der Waals surface area (Å²) in [7, 11) is 2.11. The van der Waals surface area contributed by atoms with Crippen molar-refractivity contribution in [2.75, 3.05) is 39.9 Å². The Morgan fingerprint density at radius 2 is 2.15 bits per heavy atom. The second-order valence-electron chi connectivity index (χ2n) is 6.66. The van der Waals surface area contributed by atoms with Crippen LogP contribution in [0.3, 0.4) is 0 Å². The van der Waals surface area contributed by atoms with Gasteiger partial charge in [-0.1, -0.05) is 6.92 Å². The number of carbonyl (C=O) groups excluding carboxylic acids is 1. The van der Waals surface area contributed by atoms with Crippen molar-refractivity contribution in [3.63, 3.8) is 0 Å². The molecule has 1 fully saturated rings. The molecule has 26 heavy (non-hydrogen) atoms. The summed E-state index contributed by atoms with van der Waals surface area (Å²) in [5.41, 5.74) is 1.48. The van der Waals surface area contributed by atoms with Gasteiger partial charge in [-0.05, 0) is 38.2 Å². The van der Waals surface area contributed by atoms with E-state index in [2.05, 4.69) is 23.9 Å². The summed E-state index contributed by atoms with van der Waals surface area (Å²) in [5, 5.41) is 2.68. The van der Waals surface area contributed by atoms with Crippen LogP contribution in [-0.4, -0.2) is 66.6 Å². The van der Waals surface area contributed by atoms with Gasteiger partial charge in [0.15, 0.2) is 11.5 Å². The standard InChI is InChI=1S/C19H23N3O3S/c1-3-21(2)14-6-7-22(11-14)19(23)15-12-26-18(20-15)13-4-5-16-17(10-13)25-9-8-24-16/h4-5,10,12,14H,3,6-9,11H2,1-2H3. The van der Waals surface area contributed by atoms with E-state index in [0.29, 0.717) is 24.9 Å². The van der Waals surface area contributed by atoms with Crippen molar-refractivity contribution in [2.45, 2.75) is 19.4 Å². The molecule has 1 amide bonds. The number of fused-ring (bicyclic) bond motifs is 1. The Bertz CT molecular complexity index is 807. The highest BCUT2D eigenvalue weighted by molar-refractivity contribution is 7.13. The van der Waals surface area contributed by atoms with E-state index in [1.165, 1.54) is 11.3 Å². The molecule has 1 saturated heterocycles. The Hall–Kier alpha value is -2.12. The number of likely N-dealkylation sites (N-methyl/N-ethyl adjacent to an activating group) is 1. The van der Waals surface area contributed by atoms with Crippen molar-refractivity contribution in [1.29, 1.82) is 0 Å². The smallest absolute Gasteiger partial charge is 0.273 e. The van der Waals surface area contributed by atoms with Crippen molar-refractivity contribution in [3.05, 3.63) is 29.3 Å². The zero-order chi connectivity index (χ0) is 18.1. The van der Waals surface area contributed by atoms with Crippen LogP contribution in [0.1, 0.15) is 23.8 Å². The Morgan fingerprint density at radius 1 is 1.35 bits per heavy atom. The lowest BCUT2D eigenvalue weighted by Gasteiger charge is -2.22. The van der Waals surface area contributed by atoms with Gasteiger partial charge < -0.3 is 19.3 Å². The highest BCUT2D eigenvalue weighted by Gasteiger charge is 2.30. The molecule has 1 aromatic heterocycles. The van der Waals surface area contributed by atoms with E-state index >= 15 is 0 Å². The van der Waals surface area contributed by atoms with Crippen LogP contribution in [0.15, 0.2) is 23.6 Å². The number of likely N-dealkylation sites (tertiary alicyclic amines) is 1. The molecule has 0 radical (unpaired) electrons. The molecule has 1 unspecified atom stereocenters. The molecule has 138 valence electrons. The van der Waals surface area contributed by atoms with Gasteiger partial charge in [0.05, 0.1) is 0 Å². The Morgan fingerprint density at radius 3 is 2.96 bits per heavy atom. The second-order valence-corrected chi connectivity index (χ2v) is 7.52. The topological polar surface area (TPSA) is 54.9 Å². The molecule has 3 heterocycles. The third kappa shape index (κ3) is 3.29. The zero-order valence-electron chi connectivity index (χ0n) is 15.1. The van der Waals surface area contributed by atoms with Crippen molar-refractivity contribution >= 4 is 17.2 Å². The number of hydrogen-bond donors (Lipinski definition) is 0. The molecule has 1 atom stereocenters. The predicted molar refractivity (Wildman–Crippen MR) is 101 cm³/mol. The van der Waals surface area contributed by atoms with Crippen LogP contribution >= 0.6 is 11.3 Å². The summed E-state index contributed by atoms with van der Waals surface area (Å²) < 4.78 is 11.2. The number of carbonyl (C=O) groups is 1. The monoisotopic (exact) mass is 373 g/mol. The SMILES string of the molecule is CCN(C)C1CCN(C(=O)c2csc(-c3ccc4c(c3)OCCO4)n2)C1. The van der Waals surface area contributed by atoms with Gasteiger partial charge in [0.2, 0.25) is 0 Å². The first-order valence-corrected chi connectivity index (χ1v) is 9.88. The molecule has 2 aromatic rings. The Labute approximate surface area is 157 Å². The predicted octanol–water partition coefficient (Wildman–Crippen LogP) is 2.75. The molecular weight excluding hydrogens is 350 g/mol. The van der Waals surface area contributed by atoms with Crippen molar-refractivity contribution in [3.8, 4) is 22.1 Å². The molecule has 0 saturated carbocycles. The number of benzene rings is 1. The van der Waals surface area contributed by atoms with Crippen LogP contribution in [0.4, 0.5) is 0 Å². The minimum Gasteiger partial charge on any atom is -0.486 e. The fraction of sp³-hybridized carbons (Fsp3) is 0.474. The molecule has 1 aromatic carbocycles. The molecule has 0 N–H and O–H groups in total. The maximum Gasteiger partial charge on any atom is 0.273 e. The largest absolute Gasteiger partial charge is 0.486 e. The van der Waals surface area contributed by atoms with Crippen molar-refractivity contribution < 1.29 is 14.3 Å². The summed E-state index contributed by atoms with van der Waals surface area (Å²) in [6, 6.07) is 6.24. The molecule has 0 spiro atoms. The van der Waals surface area contributed by atoms with Crippen molar-refractivity contribution in [1.82, 2.24) is 14.8 Å². The fourth-order valence-electron chi connectivity index (χ4n) is 3.39. The third-order valence-electron chi connectivity index (χ3n) is 5.09. The number of ether oxygens (including phenoxy) is 2. The summed E-state index contributed by atoms with van der Waals surface area (Å²) in [5.74, 6) is 1.52. The minimum absolute atomic E-state index is 0.0250. The molecule has 2 aliphatic heterocycles. The van der Waals surface area contributed by atoms with Gasteiger partial charge in [-0.2, -0.15) is 0 Å².